The average molecular weight is 285 g/mol. The normalized spacial score (nSPS) is 22.0. The van der Waals surface area contributed by atoms with E-state index in [0.29, 0.717) is 10.7 Å². The fourth-order valence-electron chi connectivity index (χ4n) is 1.99. The van der Waals surface area contributed by atoms with Crippen LogP contribution in [0, 0.1) is 5.92 Å². The van der Waals surface area contributed by atoms with E-state index in [1.54, 1.807) is 7.11 Å². The summed E-state index contributed by atoms with van der Waals surface area (Å²) in [7, 11) is 1.69. The fraction of sp³-hybridized carbons (Fsp3) is 0.538. The van der Waals surface area contributed by atoms with Gasteiger partial charge in [-0.2, -0.15) is 0 Å². The Morgan fingerprint density at radius 2 is 2.19 bits per heavy atom. The number of hydrogen-bond acceptors (Lipinski definition) is 2. The van der Waals surface area contributed by atoms with E-state index in [0.717, 1.165) is 25.4 Å². The largest absolute Gasteiger partial charge is 0.497 e. The minimum absolute atomic E-state index is 0.517. The first-order valence-electron chi connectivity index (χ1n) is 5.64. The van der Waals surface area contributed by atoms with Gasteiger partial charge >= 0.3 is 0 Å². The minimum Gasteiger partial charge on any atom is -0.497 e. The highest BCUT2D eigenvalue weighted by molar-refractivity contribution is 9.09. The molecule has 1 aliphatic rings. The van der Waals surface area contributed by atoms with Gasteiger partial charge in [-0.3, -0.25) is 0 Å². The van der Waals surface area contributed by atoms with Crippen LogP contribution in [0.15, 0.2) is 24.3 Å². The van der Waals surface area contributed by atoms with Crippen molar-refractivity contribution in [1.82, 2.24) is 0 Å². The molecule has 0 radical (unpaired) electrons. The zero-order valence-electron chi connectivity index (χ0n) is 9.49. The molecule has 3 heteroatoms. The van der Waals surface area contributed by atoms with Gasteiger partial charge in [-0.05, 0) is 36.5 Å². The lowest BCUT2D eigenvalue weighted by molar-refractivity contribution is 0.185. The molecular weight excluding hydrogens is 268 g/mol. The maximum atomic E-state index is 5.40. The van der Waals surface area contributed by atoms with Crippen LogP contribution in [0.25, 0.3) is 0 Å². The van der Waals surface area contributed by atoms with Crippen molar-refractivity contribution >= 4 is 15.9 Å². The summed E-state index contributed by atoms with van der Waals surface area (Å²) >= 11 is 3.77. The zero-order valence-corrected chi connectivity index (χ0v) is 11.1. The standard InChI is InChI=1S/C13H17BrO2/c1-15-12-4-2-10(3-5-12)8-13(14)11-6-7-16-9-11/h2-5,11,13H,6-9H2,1H3. The highest BCUT2D eigenvalue weighted by Gasteiger charge is 2.23. The number of halogens is 1. The smallest absolute Gasteiger partial charge is 0.118 e. The lowest BCUT2D eigenvalue weighted by Gasteiger charge is -2.15. The molecule has 1 fully saturated rings. The second kappa shape index (κ2) is 5.69. The summed E-state index contributed by atoms with van der Waals surface area (Å²) < 4.78 is 10.5. The van der Waals surface area contributed by atoms with Crippen LogP contribution in [-0.4, -0.2) is 25.2 Å². The Morgan fingerprint density at radius 3 is 2.75 bits per heavy atom. The van der Waals surface area contributed by atoms with E-state index in [1.165, 1.54) is 12.0 Å². The summed E-state index contributed by atoms with van der Waals surface area (Å²) in [6, 6.07) is 8.28. The SMILES string of the molecule is COc1ccc(CC(Br)C2CCOC2)cc1. The van der Waals surface area contributed by atoms with Crippen LogP contribution >= 0.6 is 15.9 Å². The molecule has 1 saturated heterocycles. The number of benzene rings is 1. The lowest BCUT2D eigenvalue weighted by atomic mass is 9.99. The summed E-state index contributed by atoms with van der Waals surface area (Å²) in [6.07, 6.45) is 2.23. The number of alkyl halides is 1. The molecule has 1 aromatic carbocycles. The highest BCUT2D eigenvalue weighted by Crippen LogP contribution is 2.26. The van der Waals surface area contributed by atoms with Crippen molar-refractivity contribution in [3.63, 3.8) is 0 Å². The summed E-state index contributed by atoms with van der Waals surface area (Å²) in [5, 5.41) is 0. The number of hydrogen-bond donors (Lipinski definition) is 0. The molecular formula is C13H17BrO2. The Morgan fingerprint density at radius 1 is 1.44 bits per heavy atom. The first-order valence-corrected chi connectivity index (χ1v) is 6.56. The summed E-state index contributed by atoms with van der Waals surface area (Å²) in [4.78, 5) is 0.517. The molecule has 2 atom stereocenters. The number of ether oxygens (including phenoxy) is 2. The van der Waals surface area contributed by atoms with Gasteiger partial charge in [0.2, 0.25) is 0 Å². The molecule has 2 nitrogen and oxygen atoms in total. The molecule has 1 heterocycles. The van der Waals surface area contributed by atoms with Crippen molar-refractivity contribution in [1.29, 1.82) is 0 Å². The van der Waals surface area contributed by atoms with Crippen LogP contribution in [0.3, 0.4) is 0 Å². The monoisotopic (exact) mass is 284 g/mol. The molecule has 88 valence electrons. The van der Waals surface area contributed by atoms with Crippen LogP contribution in [0.5, 0.6) is 5.75 Å². The van der Waals surface area contributed by atoms with Gasteiger partial charge < -0.3 is 9.47 Å². The van der Waals surface area contributed by atoms with Gasteiger partial charge in [0.15, 0.2) is 0 Å². The Labute approximate surface area is 105 Å². The van der Waals surface area contributed by atoms with Gasteiger partial charge in [0, 0.05) is 11.4 Å². The van der Waals surface area contributed by atoms with E-state index in [2.05, 4.69) is 28.1 Å². The molecule has 0 aromatic heterocycles. The van der Waals surface area contributed by atoms with Gasteiger partial charge in [0.05, 0.1) is 13.7 Å². The first-order chi connectivity index (χ1) is 7.79. The molecule has 1 aromatic rings. The maximum Gasteiger partial charge on any atom is 0.118 e. The maximum absolute atomic E-state index is 5.40. The summed E-state index contributed by atoms with van der Waals surface area (Å²) in [6.45, 7) is 1.81. The van der Waals surface area contributed by atoms with Crippen LogP contribution in [0.4, 0.5) is 0 Å². The van der Waals surface area contributed by atoms with Gasteiger partial charge in [0.1, 0.15) is 5.75 Å². The molecule has 16 heavy (non-hydrogen) atoms. The second-order valence-corrected chi connectivity index (χ2v) is 5.37. The molecule has 2 rings (SSSR count). The molecule has 2 unspecified atom stereocenters. The molecule has 0 amide bonds. The van der Waals surface area contributed by atoms with Crippen LogP contribution < -0.4 is 4.74 Å². The van der Waals surface area contributed by atoms with Gasteiger partial charge in [0.25, 0.3) is 0 Å². The van der Waals surface area contributed by atoms with E-state index in [4.69, 9.17) is 9.47 Å². The predicted molar refractivity (Wildman–Crippen MR) is 68.3 cm³/mol. The fourth-order valence-corrected chi connectivity index (χ4v) is 2.78. The van der Waals surface area contributed by atoms with Crippen molar-refractivity contribution < 1.29 is 9.47 Å². The zero-order chi connectivity index (χ0) is 11.4. The Hall–Kier alpha value is -0.540. The Bertz CT molecular complexity index is 317. The number of methoxy groups -OCH3 is 1. The Kier molecular flexibility index (Phi) is 4.24. The molecule has 1 aliphatic heterocycles. The summed E-state index contributed by atoms with van der Waals surface area (Å²) in [5.41, 5.74) is 1.34. The van der Waals surface area contributed by atoms with Crippen LogP contribution in [0.1, 0.15) is 12.0 Å². The van der Waals surface area contributed by atoms with Crippen molar-refractivity contribution in [2.75, 3.05) is 20.3 Å². The van der Waals surface area contributed by atoms with E-state index in [1.807, 2.05) is 12.1 Å². The second-order valence-electron chi connectivity index (χ2n) is 4.19. The van der Waals surface area contributed by atoms with Crippen molar-refractivity contribution in [2.45, 2.75) is 17.7 Å². The third-order valence-corrected chi connectivity index (χ3v) is 4.14. The van der Waals surface area contributed by atoms with Crippen molar-refractivity contribution in [3.05, 3.63) is 29.8 Å². The van der Waals surface area contributed by atoms with Gasteiger partial charge in [-0.25, -0.2) is 0 Å². The van der Waals surface area contributed by atoms with Crippen molar-refractivity contribution in [2.24, 2.45) is 5.92 Å². The van der Waals surface area contributed by atoms with Gasteiger partial charge in [-0.1, -0.05) is 28.1 Å². The molecule has 0 spiro atoms. The van der Waals surface area contributed by atoms with Crippen LogP contribution in [0.2, 0.25) is 0 Å². The van der Waals surface area contributed by atoms with Crippen molar-refractivity contribution in [3.8, 4) is 5.75 Å². The summed E-state index contributed by atoms with van der Waals surface area (Å²) in [5.74, 6) is 1.57. The topological polar surface area (TPSA) is 18.5 Å². The third kappa shape index (κ3) is 2.98. The third-order valence-electron chi connectivity index (χ3n) is 3.07. The predicted octanol–water partition coefficient (Wildman–Crippen LogP) is 3.04. The van der Waals surface area contributed by atoms with Gasteiger partial charge in [-0.15, -0.1) is 0 Å². The number of rotatable bonds is 4. The first kappa shape index (κ1) is 11.9. The molecule has 0 aliphatic carbocycles. The van der Waals surface area contributed by atoms with E-state index >= 15 is 0 Å². The average Bonchev–Trinajstić information content (AvgIpc) is 2.83. The molecule has 0 bridgehead atoms. The van der Waals surface area contributed by atoms with E-state index < -0.39 is 0 Å². The van der Waals surface area contributed by atoms with Crippen LogP contribution in [-0.2, 0) is 11.2 Å². The van der Waals surface area contributed by atoms with E-state index in [-0.39, 0.29) is 0 Å². The highest BCUT2D eigenvalue weighted by atomic mass is 79.9. The quantitative estimate of drug-likeness (QED) is 0.792. The Balaban J connectivity index is 1.92. The molecule has 0 saturated carbocycles. The lowest BCUT2D eigenvalue weighted by Crippen LogP contribution is -2.16. The molecule has 0 N–H and O–H groups in total. The minimum atomic E-state index is 0.517. The van der Waals surface area contributed by atoms with E-state index in [9.17, 15) is 0 Å².